The lowest BCUT2D eigenvalue weighted by atomic mass is 10.1. The number of carbonyl (C=O) groups is 1. The summed E-state index contributed by atoms with van der Waals surface area (Å²) in [4.78, 5) is 28.0. The minimum atomic E-state index is -0.0958. The van der Waals surface area contributed by atoms with Gasteiger partial charge in [-0.1, -0.05) is 28.4 Å². The standard InChI is InChI=1S/C22H22BrN3O4S/c23-15-6-7-17-16(11-15)21(28)26(22(31)25-17)9-3-1-2-4-20(27)24-12-14-5-8-18-19(10-14)30-13-29-18/h5-8,10-11H,1-4,9,12-13H2,(H,24,27)(H,25,31). The normalized spacial score (nSPS) is 12.3. The Labute approximate surface area is 192 Å². The zero-order valence-corrected chi connectivity index (χ0v) is 19.2. The SMILES string of the molecule is O=C(CCCCCn1c(=S)[nH]c2ccc(Br)cc2c1=O)NCc1ccc2c(c1)OCO2. The van der Waals surface area contributed by atoms with Gasteiger partial charge in [-0.15, -0.1) is 0 Å². The number of rotatable bonds is 8. The highest BCUT2D eigenvalue weighted by molar-refractivity contribution is 9.10. The van der Waals surface area contributed by atoms with Crippen LogP contribution in [0.1, 0.15) is 31.2 Å². The molecule has 1 aliphatic rings. The fourth-order valence-corrected chi connectivity index (χ4v) is 4.14. The van der Waals surface area contributed by atoms with Gasteiger partial charge in [0.25, 0.3) is 5.56 Å². The second-order valence-corrected chi connectivity index (χ2v) is 8.65. The molecule has 0 fully saturated rings. The Bertz CT molecular complexity index is 1240. The van der Waals surface area contributed by atoms with E-state index < -0.39 is 0 Å². The lowest BCUT2D eigenvalue weighted by Crippen LogP contribution is -2.23. The molecule has 2 heterocycles. The molecule has 2 aromatic carbocycles. The molecule has 0 spiro atoms. The molecule has 0 atom stereocenters. The molecule has 4 rings (SSSR count). The monoisotopic (exact) mass is 503 g/mol. The van der Waals surface area contributed by atoms with Crippen molar-refractivity contribution in [3.05, 3.63) is 61.6 Å². The lowest BCUT2D eigenvalue weighted by Gasteiger charge is -2.09. The van der Waals surface area contributed by atoms with Crippen molar-refractivity contribution in [3.8, 4) is 11.5 Å². The summed E-state index contributed by atoms with van der Waals surface area (Å²) in [5, 5.41) is 3.53. The van der Waals surface area contributed by atoms with Gasteiger partial charge in [0, 0.05) is 24.0 Å². The van der Waals surface area contributed by atoms with Crippen LogP contribution in [0, 0.1) is 4.77 Å². The highest BCUT2D eigenvalue weighted by Gasteiger charge is 2.13. The van der Waals surface area contributed by atoms with E-state index in [0.29, 0.717) is 35.4 Å². The number of aromatic amines is 1. The Morgan fingerprint density at radius 2 is 1.97 bits per heavy atom. The molecule has 1 amide bonds. The van der Waals surface area contributed by atoms with Crippen LogP contribution in [-0.2, 0) is 17.9 Å². The molecule has 0 unspecified atom stereocenters. The summed E-state index contributed by atoms with van der Waals surface area (Å²) in [6, 6.07) is 11.1. The van der Waals surface area contributed by atoms with Crippen molar-refractivity contribution in [1.82, 2.24) is 14.9 Å². The second-order valence-electron chi connectivity index (χ2n) is 7.35. The maximum Gasteiger partial charge on any atom is 0.262 e. The number of nitrogens with zero attached hydrogens (tertiary/aromatic N) is 1. The average molecular weight is 504 g/mol. The molecule has 0 radical (unpaired) electrons. The van der Waals surface area contributed by atoms with E-state index in [1.807, 2.05) is 30.3 Å². The van der Waals surface area contributed by atoms with Crippen molar-refractivity contribution in [3.63, 3.8) is 0 Å². The van der Waals surface area contributed by atoms with Gasteiger partial charge in [-0.2, -0.15) is 0 Å². The molecule has 162 valence electrons. The first kappa shape index (κ1) is 21.6. The Morgan fingerprint density at radius 1 is 1.13 bits per heavy atom. The minimum Gasteiger partial charge on any atom is -0.454 e. The number of aromatic nitrogens is 2. The molecule has 7 nitrogen and oxygen atoms in total. The summed E-state index contributed by atoms with van der Waals surface area (Å²) in [6.07, 6.45) is 2.79. The van der Waals surface area contributed by atoms with Crippen LogP contribution < -0.4 is 20.3 Å². The molecular weight excluding hydrogens is 482 g/mol. The third-order valence-corrected chi connectivity index (χ3v) is 5.97. The molecule has 0 saturated carbocycles. The fraction of sp³-hybridized carbons (Fsp3) is 0.318. The fourth-order valence-electron chi connectivity index (χ4n) is 3.50. The number of amides is 1. The van der Waals surface area contributed by atoms with Crippen LogP contribution in [0.15, 0.2) is 45.7 Å². The molecule has 3 aromatic rings. The molecular formula is C22H22BrN3O4S. The zero-order valence-electron chi connectivity index (χ0n) is 16.8. The van der Waals surface area contributed by atoms with Crippen LogP contribution in [-0.4, -0.2) is 22.3 Å². The van der Waals surface area contributed by atoms with E-state index in [2.05, 4.69) is 26.2 Å². The topological polar surface area (TPSA) is 85.4 Å². The van der Waals surface area contributed by atoms with Crippen molar-refractivity contribution in [2.45, 2.75) is 38.8 Å². The molecule has 31 heavy (non-hydrogen) atoms. The van der Waals surface area contributed by atoms with Crippen molar-refractivity contribution < 1.29 is 14.3 Å². The van der Waals surface area contributed by atoms with E-state index in [4.69, 9.17) is 21.7 Å². The first-order valence-corrected chi connectivity index (χ1v) is 11.3. The van der Waals surface area contributed by atoms with Crippen LogP contribution in [0.3, 0.4) is 0 Å². The highest BCUT2D eigenvalue weighted by Crippen LogP contribution is 2.32. The van der Waals surface area contributed by atoms with Crippen LogP contribution in [0.5, 0.6) is 11.5 Å². The molecule has 9 heteroatoms. The van der Waals surface area contributed by atoms with E-state index >= 15 is 0 Å². The van der Waals surface area contributed by atoms with Crippen LogP contribution in [0.4, 0.5) is 0 Å². The van der Waals surface area contributed by atoms with Crippen molar-refractivity contribution in [1.29, 1.82) is 0 Å². The van der Waals surface area contributed by atoms with Gasteiger partial charge in [-0.25, -0.2) is 0 Å². The smallest absolute Gasteiger partial charge is 0.262 e. The predicted molar refractivity (Wildman–Crippen MR) is 124 cm³/mol. The number of hydrogen-bond donors (Lipinski definition) is 2. The third kappa shape index (κ3) is 5.16. The van der Waals surface area contributed by atoms with E-state index in [-0.39, 0.29) is 18.3 Å². The van der Waals surface area contributed by atoms with Gasteiger partial charge in [0.15, 0.2) is 16.3 Å². The Balaban J connectivity index is 1.23. The molecule has 0 aliphatic carbocycles. The first-order valence-electron chi connectivity index (χ1n) is 10.1. The molecule has 0 saturated heterocycles. The van der Waals surface area contributed by atoms with Crippen molar-refractivity contribution in [2.24, 2.45) is 0 Å². The zero-order chi connectivity index (χ0) is 21.8. The van der Waals surface area contributed by atoms with Gasteiger partial charge in [0.2, 0.25) is 12.7 Å². The number of unbranched alkanes of at least 4 members (excludes halogenated alkanes) is 2. The summed E-state index contributed by atoms with van der Waals surface area (Å²) >= 11 is 8.74. The lowest BCUT2D eigenvalue weighted by molar-refractivity contribution is -0.121. The second kappa shape index (κ2) is 9.65. The largest absolute Gasteiger partial charge is 0.454 e. The van der Waals surface area contributed by atoms with Crippen LogP contribution in [0.25, 0.3) is 10.9 Å². The average Bonchev–Trinajstić information content (AvgIpc) is 3.22. The summed E-state index contributed by atoms with van der Waals surface area (Å²) in [7, 11) is 0. The summed E-state index contributed by atoms with van der Waals surface area (Å²) in [5.41, 5.74) is 1.60. The highest BCUT2D eigenvalue weighted by atomic mass is 79.9. The Kier molecular flexibility index (Phi) is 6.72. The van der Waals surface area contributed by atoms with Gasteiger partial charge in [0.1, 0.15) is 0 Å². The Hall–Kier alpha value is -2.65. The number of benzene rings is 2. The molecule has 0 bridgehead atoms. The Morgan fingerprint density at radius 3 is 2.84 bits per heavy atom. The number of fused-ring (bicyclic) bond motifs is 2. The number of nitrogens with one attached hydrogen (secondary N) is 2. The van der Waals surface area contributed by atoms with Gasteiger partial charge in [0.05, 0.1) is 10.9 Å². The van der Waals surface area contributed by atoms with Gasteiger partial charge < -0.3 is 19.8 Å². The maximum atomic E-state index is 12.7. The predicted octanol–water partition coefficient (Wildman–Crippen LogP) is 4.43. The molecule has 2 N–H and O–H groups in total. The summed E-state index contributed by atoms with van der Waals surface area (Å²) < 4.78 is 13.5. The van der Waals surface area contributed by atoms with Crippen LogP contribution in [0.2, 0.25) is 0 Å². The van der Waals surface area contributed by atoms with Crippen molar-refractivity contribution in [2.75, 3.05) is 6.79 Å². The molecule has 1 aliphatic heterocycles. The van der Waals surface area contributed by atoms with E-state index in [1.165, 1.54) is 0 Å². The number of H-pyrrole nitrogens is 1. The van der Waals surface area contributed by atoms with E-state index in [1.54, 1.807) is 10.6 Å². The number of halogens is 1. The van der Waals surface area contributed by atoms with E-state index in [9.17, 15) is 9.59 Å². The van der Waals surface area contributed by atoms with Gasteiger partial charge >= 0.3 is 0 Å². The number of ether oxygens (including phenoxy) is 2. The quantitative estimate of drug-likeness (QED) is 0.350. The number of hydrogen-bond acceptors (Lipinski definition) is 5. The first-order chi connectivity index (χ1) is 15.0. The summed E-state index contributed by atoms with van der Waals surface area (Å²) in [6.45, 7) is 1.21. The van der Waals surface area contributed by atoms with E-state index in [0.717, 1.165) is 40.6 Å². The number of carbonyl (C=O) groups excluding carboxylic acids is 1. The summed E-state index contributed by atoms with van der Waals surface area (Å²) in [5.74, 6) is 1.44. The van der Waals surface area contributed by atoms with Gasteiger partial charge in [-0.05, 0) is 61.0 Å². The minimum absolute atomic E-state index is 0.00248. The third-order valence-electron chi connectivity index (χ3n) is 5.16. The van der Waals surface area contributed by atoms with Crippen molar-refractivity contribution >= 4 is 45.0 Å². The molecule has 1 aromatic heterocycles. The van der Waals surface area contributed by atoms with Crippen LogP contribution >= 0.6 is 28.1 Å². The maximum absolute atomic E-state index is 12.7. The van der Waals surface area contributed by atoms with Gasteiger partial charge in [-0.3, -0.25) is 14.2 Å².